The molecule has 0 saturated heterocycles. The number of anilines is 1. The van der Waals surface area contributed by atoms with E-state index >= 15 is 0 Å². The van der Waals surface area contributed by atoms with Crippen LogP contribution in [0, 0.1) is 6.92 Å². The number of carbonyl (C=O) groups excluding carboxylic acids is 2. The number of hydrogen-bond acceptors (Lipinski definition) is 3. The zero-order valence-corrected chi connectivity index (χ0v) is 11.0. The molecule has 0 saturated carbocycles. The third-order valence-electron chi connectivity index (χ3n) is 2.24. The summed E-state index contributed by atoms with van der Waals surface area (Å²) in [6, 6.07) is 4.66. The largest absolute Gasteiger partial charge is 0.346 e. The first-order valence-electron chi connectivity index (χ1n) is 5.49. The quantitative estimate of drug-likeness (QED) is 0.764. The molecule has 0 aliphatic heterocycles. The Hall–Kier alpha value is -1.59. The summed E-state index contributed by atoms with van der Waals surface area (Å²) < 4.78 is 0. The Labute approximate surface area is 111 Å². The van der Waals surface area contributed by atoms with Crippen molar-refractivity contribution >= 4 is 29.1 Å². The summed E-state index contributed by atoms with van der Waals surface area (Å²) in [7, 11) is 0. The molecule has 18 heavy (non-hydrogen) atoms. The Morgan fingerprint density at radius 3 is 2.67 bits per heavy atom. The van der Waals surface area contributed by atoms with E-state index in [2.05, 4.69) is 10.6 Å². The molecule has 0 aliphatic carbocycles. The normalized spacial score (nSPS) is 11.8. The number of benzene rings is 1. The fourth-order valence-corrected chi connectivity index (χ4v) is 1.53. The van der Waals surface area contributed by atoms with Gasteiger partial charge >= 0.3 is 0 Å². The predicted octanol–water partition coefficient (Wildman–Crippen LogP) is 1.05. The summed E-state index contributed by atoms with van der Waals surface area (Å²) >= 11 is 5.96. The van der Waals surface area contributed by atoms with Gasteiger partial charge in [-0.15, -0.1) is 0 Å². The minimum Gasteiger partial charge on any atom is -0.346 e. The zero-order valence-electron chi connectivity index (χ0n) is 10.3. The van der Waals surface area contributed by atoms with Gasteiger partial charge in [0.05, 0.1) is 23.3 Å². The highest BCUT2D eigenvalue weighted by molar-refractivity contribution is 6.33. The summed E-state index contributed by atoms with van der Waals surface area (Å²) in [5.41, 5.74) is 6.87. The topological polar surface area (TPSA) is 84.2 Å². The number of rotatable bonds is 4. The lowest BCUT2D eigenvalue weighted by atomic mass is 10.2. The zero-order chi connectivity index (χ0) is 13.7. The molecule has 2 amide bonds. The highest BCUT2D eigenvalue weighted by Crippen LogP contribution is 2.22. The average molecular weight is 270 g/mol. The van der Waals surface area contributed by atoms with E-state index in [-0.39, 0.29) is 18.4 Å². The Kier molecular flexibility index (Phi) is 5.12. The van der Waals surface area contributed by atoms with Crippen LogP contribution in [-0.2, 0) is 9.59 Å². The number of nitrogens with two attached hydrogens (primary N) is 1. The van der Waals surface area contributed by atoms with E-state index in [9.17, 15) is 9.59 Å². The second-order valence-corrected chi connectivity index (χ2v) is 4.45. The maximum Gasteiger partial charge on any atom is 0.243 e. The third-order valence-corrected chi connectivity index (χ3v) is 2.55. The molecule has 0 radical (unpaired) electrons. The summed E-state index contributed by atoms with van der Waals surface area (Å²) in [4.78, 5) is 22.7. The van der Waals surface area contributed by atoms with Gasteiger partial charge in [0.25, 0.3) is 0 Å². The molecule has 0 fully saturated rings. The monoisotopic (exact) mass is 269 g/mol. The van der Waals surface area contributed by atoms with Gasteiger partial charge in [-0.25, -0.2) is 0 Å². The lowest BCUT2D eigenvalue weighted by Crippen LogP contribution is -2.41. The highest BCUT2D eigenvalue weighted by atomic mass is 35.5. The molecule has 6 heteroatoms. The van der Waals surface area contributed by atoms with Gasteiger partial charge in [0.1, 0.15) is 0 Å². The molecule has 0 spiro atoms. The van der Waals surface area contributed by atoms with Crippen LogP contribution in [0.3, 0.4) is 0 Å². The van der Waals surface area contributed by atoms with E-state index in [0.717, 1.165) is 5.56 Å². The Balaban J connectivity index is 2.52. The molecule has 1 atom stereocenters. The maximum absolute atomic E-state index is 11.6. The van der Waals surface area contributed by atoms with E-state index in [1.54, 1.807) is 19.1 Å². The van der Waals surface area contributed by atoms with Crippen molar-refractivity contribution in [3.8, 4) is 0 Å². The fraction of sp³-hybridized carbons (Fsp3) is 0.333. The van der Waals surface area contributed by atoms with Gasteiger partial charge in [0, 0.05) is 0 Å². The predicted molar refractivity (Wildman–Crippen MR) is 71.5 cm³/mol. The van der Waals surface area contributed by atoms with Crippen molar-refractivity contribution in [3.63, 3.8) is 0 Å². The standard InChI is InChI=1S/C12H16ClN3O2/c1-7-3-4-10(9(13)5-7)16-11(17)6-15-12(18)8(2)14/h3-5,8H,6,14H2,1-2H3,(H,15,18)(H,16,17)/t8-/m0/s1. The molecule has 0 aliphatic rings. The van der Waals surface area contributed by atoms with Crippen LogP contribution in [0.4, 0.5) is 5.69 Å². The molecule has 0 heterocycles. The number of nitrogens with one attached hydrogen (secondary N) is 2. The van der Waals surface area contributed by atoms with Gasteiger partial charge in [0.2, 0.25) is 11.8 Å². The first-order valence-corrected chi connectivity index (χ1v) is 5.87. The van der Waals surface area contributed by atoms with Gasteiger partial charge in [-0.2, -0.15) is 0 Å². The molecule has 98 valence electrons. The molecule has 0 unspecified atom stereocenters. The smallest absolute Gasteiger partial charge is 0.243 e. The van der Waals surface area contributed by atoms with E-state index in [0.29, 0.717) is 10.7 Å². The number of carbonyl (C=O) groups is 2. The van der Waals surface area contributed by atoms with Gasteiger partial charge in [0.15, 0.2) is 0 Å². The van der Waals surface area contributed by atoms with Crippen LogP contribution in [0.2, 0.25) is 5.02 Å². The lowest BCUT2D eigenvalue weighted by Gasteiger charge is -2.10. The van der Waals surface area contributed by atoms with Gasteiger partial charge < -0.3 is 16.4 Å². The van der Waals surface area contributed by atoms with Crippen molar-refractivity contribution in [1.82, 2.24) is 5.32 Å². The SMILES string of the molecule is Cc1ccc(NC(=O)CNC(=O)[C@H](C)N)c(Cl)c1. The molecule has 1 aromatic rings. The van der Waals surface area contributed by atoms with Crippen LogP contribution in [0.1, 0.15) is 12.5 Å². The number of amides is 2. The summed E-state index contributed by atoms with van der Waals surface area (Å²) in [5.74, 6) is -0.727. The second-order valence-electron chi connectivity index (χ2n) is 4.04. The molecule has 0 bridgehead atoms. The molecule has 0 aromatic heterocycles. The van der Waals surface area contributed by atoms with E-state index < -0.39 is 6.04 Å². The Morgan fingerprint density at radius 2 is 2.11 bits per heavy atom. The van der Waals surface area contributed by atoms with Crippen molar-refractivity contribution in [2.45, 2.75) is 19.9 Å². The van der Waals surface area contributed by atoms with Crippen molar-refractivity contribution in [1.29, 1.82) is 0 Å². The minimum atomic E-state index is -0.638. The summed E-state index contributed by atoms with van der Waals surface area (Å²) in [6.45, 7) is 3.31. The van der Waals surface area contributed by atoms with Gasteiger partial charge in [-0.3, -0.25) is 9.59 Å². The van der Waals surface area contributed by atoms with Crippen molar-refractivity contribution in [2.24, 2.45) is 5.73 Å². The van der Waals surface area contributed by atoms with Crippen molar-refractivity contribution in [3.05, 3.63) is 28.8 Å². The average Bonchev–Trinajstić information content (AvgIpc) is 2.29. The van der Waals surface area contributed by atoms with Gasteiger partial charge in [-0.1, -0.05) is 17.7 Å². The minimum absolute atomic E-state index is 0.134. The molecule has 1 rings (SSSR count). The fourth-order valence-electron chi connectivity index (χ4n) is 1.24. The van der Waals surface area contributed by atoms with Crippen LogP contribution in [0.5, 0.6) is 0 Å². The Bertz CT molecular complexity index is 461. The molecular weight excluding hydrogens is 254 g/mol. The van der Waals surface area contributed by atoms with Gasteiger partial charge in [-0.05, 0) is 31.5 Å². The Morgan fingerprint density at radius 1 is 1.44 bits per heavy atom. The maximum atomic E-state index is 11.6. The molecule has 5 nitrogen and oxygen atoms in total. The third kappa shape index (κ3) is 4.35. The molecule has 1 aromatic carbocycles. The van der Waals surface area contributed by atoms with Crippen LogP contribution in [0.15, 0.2) is 18.2 Å². The summed E-state index contributed by atoms with van der Waals surface area (Å²) in [6.07, 6.45) is 0. The molecule has 4 N–H and O–H groups in total. The van der Waals surface area contributed by atoms with Crippen LogP contribution in [0.25, 0.3) is 0 Å². The first-order chi connectivity index (χ1) is 8.40. The van der Waals surface area contributed by atoms with E-state index in [4.69, 9.17) is 17.3 Å². The van der Waals surface area contributed by atoms with Crippen LogP contribution in [-0.4, -0.2) is 24.4 Å². The highest BCUT2D eigenvalue weighted by Gasteiger charge is 2.10. The van der Waals surface area contributed by atoms with Crippen molar-refractivity contribution < 1.29 is 9.59 Å². The van der Waals surface area contributed by atoms with E-state index in [1.165, 1.54) is 0 Å². The van der Waals surface area contributed by atoms with E-state index in [1.807, 2.05) is 13.0 Å². The number of hydrogen-bond donors (Lipinski definition) is 3. The van der Waals surface area contributed by atoms with Crippen LogP contribution < -0.4 is 16.4 Å². The number of halogens is 1. The van der Waals surface area contributed by atoms with Crippen molar-refractivity contribution in [2.75, 3.05) is 11.9 Å². The first kappa shape index (κ1) is 14.5. The second kappa shape index (κ2) is 6.37. The number of aryl methyl sites for hydroxylation is 1. The lowest BCUT2D eigenvalue weighted by molar-refractivity contribution is -0.124. The summed E-state index contributed by atoms with van der Waals surface area (Å²) in [5, 5.41) is 5.48. The molecular formula is C12H16ClN3O2. The van der Waals surface area contributed by atoms with Crippen LogP contribution >= 0.6 is 11.6 Å².